The largest absolute Gasteiger partial charge is 0.326 e. The number of hydrogen-bond acceptors (Lipinski definition) is 10. The molecule has 0 saturated heterocycles. The van der Waals surface area contributed by atoms with Crippen LogP contribution in [0, 0.1) is 85.8 Å². The Kier molecular flexibility index (Phi) is 30.9. The minimum atomic E-state index is -0.220. The van der Waals surface area contributed by atoms with Gasteiger partial charge in [0.1, 0.15) is 29.1 Å². The lowest BCUT2D eigenvalue weighted by Gasteiger charge is -2.52. The second-order valence-electron chi connectivity index (χ2n) is 44.8. The van der Waals surface area contributed by atoms with E-state index in [1.165, 1.54) is 71.0 Å². The predicted octanol–water partition coefficient (Wildman–Crippen LogP) is 34.2. The lowest BCUT2D eigenvalue weighted by Crippen LogP contribution is -2.48. The molecule has 25 rings (SSSR count). The van der Waals surface area contributed by atoms with Gasteiger partial charge in [-0.1, -0.05) is 58.0 Å². The van der Waals surface area contributed by atoms with E-state index in [0.717, 1.165) is 263 Å². The molecular formula is C126H121Cl5F5N9O5. The van der Waals surface area contributed by atoms with Gasteiger partial charge < -0.3 is 21.3 Å². The Morgan fingerprint density at radius 3 is 0.720 bits per heavy atom. The molecule has 10 aromatic carbocycles. The van der Waals surface area contributed by atoms with Gasteiger partial charge in [-0.2, -0.15) is 0 Å². The zero-order valence-electron chi connectivity index (χ0n) is 83.7. The molecule has 0 radical (unpaired) electrons. The van der Waals surface area contributed by atoms with Crippen molar-refractivity contribution in [2.75, 3.05) is 21.3 Å². The molecule has 0 aliphatic heterocycles. The van der Waals surface area contributed by atoms with E-state index >= 15 is 0 Å². The van der Waals surface area contributed by atoms with Crippen molar-refractivity contribution in [2.24, 2.45) is 56.7 Å². The molecule has 1 atom stereocenters. The zero-order chi connectivity index (χ0) is 104. The fourth-order valence-corrected chi connectivity index (χ4v) is 28.0. The summed E-state index contributed by atoms with van der Waals surface area (Å²) in [4.78, 5) is 85.1. The first-order chi connectivity index (χ1) is 72.6. The minimum absolute atomic E-state index is 0.0701. The van der Waals surface area contributed by atoms with Crippen LogP contribution in [0.1, 0.15) is 267 Å². The first-order valence-corrected chi connectivity index (χ1v) is 55.2. The van der Waals surface area contributed by atoms with Crippen molar-refractivity contribution in [1.82, 2.24) is 24.9 Å². The predicted molar refractivity (Wildman–Crippen MR) is 591 cm³/mol. The topological polar surface area (TPSA) is 198 Å². The SMILES string of the molecule is O=C(CC1CC2(CCC(c3ccnc4ccc(F)cc34)CC2)C1)c1ccc(Cl)cc1.O=C(Nc1ccc(Cl)cc1)C1CC2(CCC(c3ccnc4ccc(F)cc34)CC2)C1.O=C(Nc1ccc(Cl)cc1)C1CC2(CCC(c3ccnc4ccc(F)cc34)CC2)C1.O=C(Nc1ccc(Cl)cc1)C1CC2(CCC(c3ccnc4ccc(F)cc34)CC2)C1.O=C(Nc1ccc(Cl)cc1)C1CCC12CCC(c1ccnc3ccc(F)cc13)CC2. The maximum absolute atomic E-state index is 13.8. The van der Waals surface area contributed by atoms with Crippen molar-refractivity contribution in [3.8, 4) is 0 Å². The van der Waals surface area contributed by atoms with Gasteiger partial charge in [-0.05, 0) is 526 Å². The van der Waals surface area contributed by atoms with Crippen molar-refractivity contribution >= 4 is 165 Å². The second kappa shape index (κ2) is 44.7. The minimum Gasteiger partial charge on any atom is -0.326 e. The van der Waals surface area contributed by atoms with Gasteiger partial charge in [0.2, 0.25) is 23.6 Å². The van der Waals surface area contributed by atoms with Crippen LogP contribution in [-0.2, 0) is 19.2 Å². The lowest BCUT2D eigenvalue weighted by molar-refractivity contribution is -0.133. The summed E-state index contributed by atoms with van der Waals surface area (Å²) in [6.45, 7) is 0. The number of fused-ring (bicyclic) bond motifs is 5. The molecule has 5 aromatic heterocycles. The number of rotatable bonds is 16. The number of anilines is 4. The average molecular weight is 2110 g/mol. The summed E-state index contributed by atoms with van der Waals surface area (Å²) in [5.41, 5.74) is 15.7. The van der Waals surface area contributed by atoms with Crippen LogP contribution >= 0.6 is 58.0 Å². The molecule has 5 heterocycles. The summed E-state index contributed by atoms with van der Waals surface area (Å²) in [5.74, 6) is 2.65. The molecule has 150 heavy (non-hydrogen) atoms. The van der Waals surface area contributed by atoms with Crippen LogP contribution in [0.2, 0.25) is 25.1 Å². The molecule has 770 valence electrons. The van der Waals surface area contributed by atoms with Crippen LogP contribution in [-0.4, -0.2) is 54.3 Å². The Labute approximate surface area is 896 Å². The second-order valence-corrected chi connectivity index (χ2v) is 47.0. The standard InChI is InChI=1S/C26H25ClFNO.4C25H24ClFN2O/c27-20-3-1-19(2-4-20)25(30)13-17-15-26(16-17)10-7-18(8-11-26)22-9-12-29-24-6-5-21(28)14-23(22)24;26-17-1-4-19(5-2-17)29-24(30)22-9-13-25(22)11-7-16(8-12-25)20-10-14-28-23-6-3-18(27)15-21(20)23;3*26-18-1-4-20(5-2-18)29-24(30)17-14-25(15-17)10-7-16(8-11-25)21-9-12-28-23-6-3-19(27)13-22(21)23/h1-6,9,12,14,17-18H,7-8,10-11,13,15-16H2;1-6,10,14-16,22H,7-9,11-13H2,(H,29,30);3*1-6,9,12-13,16-17H,7-8,10-11,14-15H2,(H,29,30). The lowest BCUT2D eigenvalue weighted by atomic mass is 9.52. The Balaban J connectivity index is 0.000000109. The summed E-state index contributed by atoms with van der Waals surface area (Å²) >= 11 is 29.6. The number of pyridine rings is 5. The molecule has 1 unspecified atom stereocenters. The van der Waals surface area contributed by atoms with E-state index in [1.54, 1.807) is 121 Å². The normalized spacial score (nSPS) is 25.8. The third kappa shape index (κ3) is 23.4. The first kappa shape index (κ1) is 104. The summed E-state index contributed by atoms with van der Waals surface area (Å²) in [6.07, 6.45) is 42.0. The number of Topliss-reactive ketones (excluding diaryl/α,β-unsaturated/α-hetero) is 1. The molecule has 10 aliphatic rings. The van der Waals surface area contributed by atoms with Gasteiger partial charge in [0.25, 0.3) is 0 Å². The molecule has 15 aromatic rings. The number of aromatic nitrogens is 5. The smallest absolute Gasteiger partial charge is 0.228 e. The first-order valence-electron chi connectivity index (χ1n) is 53.3. The number of ketones is 1. The zero-order valence-corrected chi connectivity index (χ0v) is 87.5. The summed E-state index contributed by atoms with van der Waals surface area (Å²) in [5, 5.41) is 20.1. The van der Waals surface area contributed by atoms with Crippen LogP contribution in [0.4, 0.5) is 44.7 Å². The highest BCUT2D eigenvalue weighted by atomic mass is 35.5. The number of carbonyl (C=O) groups is 5. The van der Waals surface area contributed by atoms with Gasteiger partial charge in [0.15, 0.2) is 5.78 Å². The van der Waals surface area contributed by atoms with Crippen LogP contribution in [0.15, 0.2) is 274 Å². The Bertz CT molecular complexity index is 7050. The number of nitrogens with zero attached hydrogens (tertiary/aromatic N) is 5. The molecule has 4 N–H and O–H groups in total. The number of amides is 4. The van der Waals surface area contributed by atoms with Gasteiger partial charge in [0.05, 0.1) is 27.6 Å². The van der Waals surface area contributed by atoms with E-state index in [1.807, 2.05) is 116 Å². The van der Waals surface area contributed by atoms with E-state index in [4.69, 9.17) is 58.0 Å². The number of benzene rings is 10. The Morgan fingerprint density at radius 1 is 0.260 bits per heavy atom. The van der Waals surface area contributed by atoms with Crippen molar-refractivity contribution in [1.29, 1.82) is 0 Å². The third-order valence-electron chi connectivity index (χ3n) is 35.8. The summed E-state index contributed by atoms with van der Waals surface area (Å²) < 4.78 is 69.0. The van der Waals surface area contributed by atoms with Gasteiger partial charge >= 0.3 is 0 Å². The fraction of sp³-hybridized carbons (Fsp3) is 0.365. The van der Waals surface area contributed by atoms with Crippen LogP contribution in [0.5, 0.6) is 0 Å². The van der Waals surface area contributed by atoms with E-state index in [0.29, 0.717) is 88.7 Å². The molecular weight excluding hydrogens is 1990 g/mol. The van der Waals surface area contributed by atoms with Gasteiger partial charge in [-0.3, -0.25) is 48.9 Å². The highest BCUT2D eigenvalue weighted by molar-refractivity contribution is 6.32. The van der Waals surface area contributed by atoms with Crippen molar-refractivity contribution in [3.63, 3.8) is 0 Å². The number of carbonyl (C=O) groups excluding carboxylic acids is 5. The molecule has 0 bridgehead atoms. The van der Waals surface area contributed by atoms with Crippen molar-refractivity contribution in [3.05, 3.63) is 361 Å². The molecule has 24 heteroatoms. The van der Waals surface area contributed by atoms with E-state index in [2.05, 4.69) is 52.3 Å². The summed E-state index contributed by atoms with van der Waals surface area (Å²) in [7, 11) is 0. The number of hydrogen-bond donors (Lipinski definition) is 4. The highest BCUT2D eigenvalue weighted by Crippen LogP contribution is 2.64. The van der Waals surface area contributed by atoms with E-state index in [-0.39, 0.29) is 87.6 Å². The number of nitrogens with one attached hydrogen (secondary N) is 4. The van der Waals surface area contributed by atoms with E-state index in [9.17, 15) is 45.9 Å². The summed E-state index contributed by atoms with van der Waals surface area (Å²) in [6, 6.07) is 70.7. The maximum atomic E-state index is 13.8. The Hall–Kier alpha value is -12.1. The number of halogens is 10. The van der Waals surface area contributed by atoms with Crippen LogP contribution in [0.3, 0.4) is 0 Å². The van der Waals surface area contributed by atoms with Crippen LogP contribution < -0.4 is 21.3 Å². The Morgan fingerprint density at radius 2 is 0.480 bits per heavy atom. The third-order valence-corrected chi connectivity index (χ3v) is 37.0. The average Bonchev–Trinajstić information content (AvgIpc) is 0.780. The van der Waals surface area contributed by atoms with Crippen molar-refractivity contribution < 1.29 is 45.9 Å². The maximum Gasteiger partial charge on any atom is 0.228 e. The van der Waals surface area contributed by atoms with Gasteiger partial charge in [-0.15, -0.1) is 0 Å². The molecule has 5 spiro atoms. The van der Waals surface area contributed by atoms with Crippen molar-refractivity contribution in [2.45, 2.75) is 229 Å². The monoisotopic (exact) mass is 2110 g/mol. The molecule has 10 fully saturated rings. The molecule has 4 amide bonds. The van der Waals surface area contributed by atoms with Gasteiger partial charge in [-0.25, -0.2) is 22.0 Å². The van der Waals surface area contributed by atoms with E-state index < -0.39 is 0 Å². The molecule has 14 nitrogen and oxygen atoms in total. The highest BCUT2D eigenvalue weighted by Gasteiger charge is 2.55. The van der Waals surface area contributed by atoms with Gasteiger partial charge in [0, 0.05) is 141 Å². The quantitative estimate of drug-likeness (QED) is 0.0533. The molecule has 10 aliphatic carbocycles. The van der Waals surface area contributed by atoms with Crippen LogP contribution in [0.25, 0.3) is 54.5 Å². The fourth-order valence-electron chi connectivity index (χ4n) is 27.4. The molecule has 10 saturated carbocycles.